The highest BCUT2D eigenvalue weighted by molar-refractivity contribution is 5.92. The van der Waals surface area contributed by atoms with Crippen LogP contribution in [0, 0.1) is 11.3 Å². The number of nitrogens with zero attached hydrogens (tertiary/aromatic N) is 1. The Balaban J connectivity index is 1.90. The molecule has 5 heteroatoms. The van der Waals surface area contributed by atoms with Crippen molar-refractivity contribution in [3.63, 3.8) is 0 Å². The van der Waals surface area contributed by atoms with Crippen LogP contribution < -0.4 is 9.47 Å². The predicted octanol–water partition coefficient (Wildman–Crippen LogP) is 3.21. The molecular formula is C18H17NO4. The molecule has 1 atom stereocenters. The first kappa shape index (κ1) is 16.4. The van der Waals surface area contributed by atoms with Crippen molar-refractivity contribution in [1.82, 2.24) is 0 Å². The SMILES string of the molecule is C[C@@H](C#N)OC(=O)c1ccccc1OCCOc1ccccc1. The van der Waals surface area contributed by atoms with Crippen LogP contribution in [0.15, 0.2) is 54.6 Å². The number of hydrogen-bond donors (Lipinski definition) is 0. The lowest BCUT2D eigenvalue weighted by Gasteiger charge is -2.12. The number of ether oxygens (including phenoxy) is 3. The van der Waals surface area contributed by atoms with Crippen molar-refractivity contribution < 1.29 is 19.0 Å². The Morgan fingerprint density at radius 1 is 1.04 bits per heavy atom. The van der Waals surface area contributed by atoms with Crippen LogP contribution in [0.2, 0.25) is 0 Å². The van der Waals surface area contributed by atoms with E-state index in [1.165, 1.54) is 6.92 Å². The summed E-state index contributed by atoms with van der Waals surface area (Å²) in [6.07, 6.45) is -0.808. The number of benzene rings is 2. The van der Waals surface area contributed by atoms with Gasteiger partial charge in [-0.05, 0) is 31.2 Å². The van der Waals surface area contributed by atoms with Gasteiger partial charge in [0.15, 0.2) is 6.10 Å². The summed E-state index contributed by atoms with van der Waals surface area (Å²) in [4.78, 5) is 12.0. The van der Waals surface area contributed by atoms with Gasteiger partial charge in [0.2, 0.25) is 0 Å². The fourth-order valence-corrected chi connectivity index (χ4v) is 1.84. The monoisotopic (exact) mass is 311 g/mol. The summed E-state index contributed by atoms with van der Waals surface area (Å²) in [5.74, 6) is 0.574. The third-order valence-corrected chi connectivity index (χ3v) is 2.93. The zero-order valence-corrected chi connectivity index (χ0v) is 12.8. The number of carbonyl (C=O) groups excluding carboxylic acids is 1. The van der Waals surface area contributed by atoms with Crippen molar-refractivity contribution in [3.8, 4) is 17.6 Å². The van der Waals surface area contributed by atoms with Crippen LogP contribution >= 0.6 is 0 Å². The molecule has 0 saturated heterocycles. The van der Waals surface area contributed by atoms with Gasteiger partial charge in [-0.1, -0.05) is 30.3 Å². The normalized spacial score (nSPS) is 11.1. The van der Waals surface area contributed by atoms with E-state index in [2.05, 4.69) is 0 Å². The Kier molecular flexibility index (Phi) is 6.01. The molecule has 0 saturated carbocycles. The van der Waals surface area contributed by atoms with Gasteiger partial charge in [0.05, 0.1) is 0 Å². The summed E-state index contributed by atoms with van der Waals surface area (Å²) in [5.41, 5.74) is 0.286. The molecule has 2 rings (SSSR count). The number of hydrogen-bond acceptors (Lipinski definition) is 5. The Morgan fingerprint density at radius 3 is 2.43 bits per heavy atom. The fraction of sp³-hybridized carbons (Fsp3) is 0.222. The highest BCUT2D eigenvalue weighted by Gasteiger charge is 2.16. The lowest BCUT2D eigenvalue weighted by Crippen LogP contribution is -2.15. The Labute approximate surface area is 135 Å². The number of rotatable bonds is 7. The lowest BCUT2D eigenvalue weighted by molar-refractivity contribution is 0.0430. The molecule has 5 nitrogen and oxygen atoms in total. The largest absolute Gasteiger partial charge is 0.490 e. The second-order valence-corrected chi connectivity index (χ2v) is 4.68. The van der Waals surface area contributed by atoms with Crippen LogP contribution in [0.1, 0.15) is 17.3 Å². The molecule has 0 amide bonds. The average Bonchev–Trinajstić information content (AvgIpc) is 2.59. The van der Waals surface area contributed by atoms with E-state index in [-0.39, 0.29) is 12.2 Å². The van der Waals surface area contributed by atoms with Crippen molar-refractivity contribution in [3.05, 3.63) is 60.2 Å². The molecule has 0 aliphatic carbocycles. The van der Waals surface area contributed by atoms with Crippen LogP contribution in [0.3, 0.4) is 0 Å². The number of nitriles is 1. The number of para-hydroxylation sites is 2. The zero-order valence-electron chi connectivity index (χ0n) is 12.8. The fourth-order valence-electron chi connectivity index (χ4n) is 1.84. The molecule has 0 aromatic heterocycles. The molecule has 118 valence electrons. The van der Waals surface area contributed by atoms with Gasteiger partial charge in [-0.2, -0.15) is 5.26 Å². The van der Waals surface area contributed by atoms with E-state index < -0.39 is 12.1 Å². The van der Waals surface area contributed by atoms with E-state index in [9.17, 15) is 4.79 Å². The summed E-state index contributed by atoms with van der Waals surface area (Å²) >= 11 is 0. The van der Waals surface area contributed by atoms with Crippen molar-refractivity contribution >= 4 is 5.97 Å². The van der Waals surface area contributed by atoms with Gasteiger partial charge < -0.3 is 14.2 Å². The minimum atomic E-state index is -0.808. The topological polar surface area (TPSA) is 68.5 Å². The van der Waals surface area contributed by atoms with Crippen LogP contribution in [0.5, 0.6) is 11.5 Å². The van der Waals surface area contributed by atoms with Crippen LogP contribution in [0.4, 0.5) is 0 Å². The van der Waals surface area contributed by atoms with E-state index in [0.29, 0.717) is 12.4 Å². The Hall–Kier alpha value is -3.00. The standard InChI is InChI=1S/C18H17NO4/c1-14(13-19)23-18(20)16-9-5-6-10-17(16)22-12-11-21-15-7-3-2-4-8-15/h2-10,14H,11-12H2,1H3/t14-/m0/s1. The van der Waals surface area contributed by atoms with Gasteiger partial charge in [-0.15, -0.1) is 0 Å². The third kappa shape index (κ3) is 5.04. The van der Waals surface area contributed by atoms with E-state index in [1.54, 1.807) is 24.3 Å². The molecule has 0 fully saturated rings. The molecule has 0 bridgehead atoms. The molecule has 0 aliphatic heterocycles. The lowest BCUT2D eigenvalue weighted by atomic mass is 10.2. The van der Waals surface area contributed by atoms with Crippen LogP contribution in [-0.2, 0) is 4.74 Å². The van der Waals surface area contributed by atoms with Crippen molar-refractivity contribution in [2.45, 2.75) is 13.0 Å². The van der Waals surface area contributed by atoms with E-state index in [0.717, 1.165) is 5.75 Å². The quantitative estimate of drug-likeness (QED) is 0.580. The van der Waals surface area contributed by atoms with Crippen molar-refractivity contribution in [2.24, 2.45) is 0 Å². The van der Waals surface area contributed by atoms with Crippen molar-refractivity contribution in [2.75, 3.05) is 13.2 Å². The maximum Gasteiger partial charge on any atom is 0.343 e. The maximum absolute atomic E-state index is 12.0. The zero-order chi connectivity index (χ0) is 16.5. The first-order valence-electron chi connectivity index (χ1n) is 7.21. The Morgan fingerprint density at radius 2 is 1.70 bits per heavy atom. The van der Waals surface area contributed by atoms with Crippen LogP contribution in [-0.4, -0.2) is 25.3 Å². The molecule has 2 aromatic carbocycles. The second kappa shape index (κ2) is 8.44. The molecule has 0 heterocycles. The van der Waals surface area contributed by atoms with Crippen molar-refractivity contribution in [1.29, 1.82) is 5.26 Å². The molecule has 0 radical (unpaired) electrons. The molecule has 0 N–H and O–H groups in total. The Bertz CT molecular complexity index is 679. The van der Waals surface area contributed by atoms with Gasteiger partial charge in [0, 0.05) is 0 Å². The van der Waals surface area contributed by atoms with Gasteiger partial charge in [0.1, 0.15) is 36.3 Å². The molecule has 0 spiro atoms. The number of carbonyl (C=O) groups is 1. The van der Waals surface area contributed by atoms with Gasteiger partial charge in [-0.3, -0.25) is 0 Å². The first-order valence-corrected chi connectivity index (χ1v) is 7.21. The smallest absolute Gasteiger partial charge is 0.343 e. The molecular weight excluding hydrogens is 294 g/mol. The molecule has 0 aliphatic rings. The van der Waals surface area contributed by atoms with E-state index >= 15 is 0 Å². The summed E-state index contributed by atoms with van der Waals surface area (Å²) in [6, 6.07) is 18.0. The van der Waals surface area contributed by atoms with Gasteiger partial charge >= 0.3 is 5.97 Å². The second-order valence-electron chi connectivity index (χ2n) is 4.68. The minimum Gasteiger partial charge on any atom is -0.490 e. The molecule has 0 unspecified atom stereocenters. The van der Waals surface area contributed by atoms with Gasteiger partial charge in [0.25, 0.3) is 0 Å². The predicted molar refractivity (Wildman–Crippen MR) is 84.4 cm³/mol. The maximum atomic E-state index is 12.0. The summed E-state index contributed by atoms with van der Waals surface area (Å²) in [5, 5.41) is 8.71. The van der Waals surface area contributed by atoms with Gasteiger partial charge in [-0.25, -0.2) is 4.79 Å². The molecule has 2 aromatic rings. The summed E-state index contributed by atoms with van der Waals surface area (Å²) in [6.45, 7) is 2.14. The highest BCUT2D eigenvalue weighted by Crippen LogP contribution is 2.19. The average molecular weight is 311 g/mol. The first-order chi connectivity index (χ1) is 11.2. The minimum absolute atomic E-state index is 0.285. The van der Waals surface area contributed by atoms with E-state index in [1.807, 2.05) is 36.4 Å². The summed E-state index contributed by atoms with van der Waals surface area (Å²) < 4.78 is 16.1. The van der Waals surface area contributed by atoms with E-state index in [4.69, 9.17) is 19.5 Å². The number of esters is 1. The van der Waals surface area contributed by atoms with Crippen LogP contribution in [0.25, 0.3) is 0 Å². The highest BCUT2D eigenvalue weighted by atomic mass is 16.5. The molecule has 23 heavy (non-hydrogen) atoms. The summed E-state index contributed by atoms with van der Waals surface area (Å²) in [7, 11) is 0. The third-order valence-electron chi connectivity index (χ3n) is 2.93.